The van der Waals surface area contributed by atoms with Crippen LogP contribution in [0.2, 0.25) is 5.02 Å². The van der Waals surface area contributed by atoms with Crippen LogP contribution < -0.4 is 10.1 Å². The van der Waals surface area contributed by atoms with Crippen molar-refractivity contribution >= 4 is 17.3 Å². The molecule has 1 N–H and O–H groups in total. The van der Waals surface area contributed by atoms with E-state index in [1.54, 1.807) is 0 Å². The van der Waals surface area contributed by atoms with E-state index in [1.165, 1.54) is 12.1 Å². The number of anilines is 1. The van der Waals surface area contributed by atoms with Crippen molar-refractivity contribution in [1.29, 1.82) is 0 Å². The van der Waals surface area contributed by atoms with E-state index < -0.39 is 0 Å². The minimum atomic E-state index is -0.352. The molecular formula is C9H9ClFNO. The molecule has 0 radical (unpaired) electrons. The van der Waals surface area contributed by atoms with Crippen molar-refractivity contribution in [3.63, 3.8) is 0 Å². The molecule has 0 bridgehead atoms. The van der Waals surface area contributed by atoms with Crippen molar-refractivity contribution in [3.8, 4) is 5.75 Å². The predicted octanol–water partition coefficient (Wildman–Crippen LogP) is 2.67. The fourth-order valence-electron chi connectivity index (χ4n) is 1.31. The summed E-state index contributed by atoms with van der Waals surface area (Å²) < 4.78 is 18.3. The van der Waals surface area contributed by atoms with Crippen LogP contribution in [0.15, 0.2) is 12.1 Å². The minimum Gasteiger partial charge on any atom is -0.485 e. The zero-order chi connectivity index (χ0) is 9.42. The molecule has 0 fully saturated rings. The Balaban J connectivity index is 2.47. The number of ether oxygens (including phenoxy) is 1. The second-order valence-electron chi connectivity index (χ2n) is 3.07. The van der Waals surface area contributed by atoms with Crippen LogP contribution >= 0.6 is 11.6 Å². The second-order valence-corrected chi connectivity index (χ2v) is 3.48. The molecule has 1 aliphatic heterocycles. The Hall–Kier alpha value is -0.960. The molecule has 2 rings (SSSR count). The molecule has 1 heterocycles. The molecule has 13 heavy (non-hydrogen) atoms. The van der Waals surface area contributed by atoms with Gasteiger partial charge < -0.3 is 10.1 Å². The molecule has 0 aliphatic carbocycles. The lowest BCUT2D eigenvalue weighted by Crippen LogP contribution is -2.27. The van der Waals surface area contributed by atoms with E-state index in [2.05, 4.69) is 5.32 Å². The predicted molar refractivity (Wildman–Crippen MR) is 50.0 cm³/mol. The monoisotopic (exact) mass is 201 g/mol. The van der Waals surface area contributed by atoms with Gasteiger partial charge in [-0.1, -0.05) is 11.6 Å². The largest absolute Gasteiger partial charge is 0.485 e. The van der Waals surface area contributed by atoms with Crippen molar-refractivity contribution < 1.29 is 9.13 Å². The highest BCUT2D eigenvalue weighted by atomic mass is 35.5. The summed E-state index contributed by atoms with van der Waals surface area (Å²) in [4.78, 5) is 0. The molecule has 1 unspecified atom stereocenters. The molecule has 1 aromatic carbocycles. The standard InChI is InChI=1S/C9H9ClFNO/c1-5-4-12-8-3-6(11)2-7(10)9(8)13-5/h2-3,5,12H,4H2,1H3. The van der Waals surface area contributed by atoms with Crippen molar-refractivity contribution in [2.45, 2.75) is 13.0 Å². The van der Waals surface area contributed by atoms with Crippen molar-refractivity contribution in [3.05, 3.63) is 23.0 Å². The van der Waals surface area contributed by atoms with E-state index in [1.807, 2.05) is 6.92 Å². The van der Waals surface area contributed by atoms with Gasteiger partial charge in [0.25, 0.3) is 0 Å². The lowest BCUT2D eigenvalue weighted by atomic mass is 10.2. The van der Waals surface area contributed by atoms with Gasteiger partial charge in [-0.3, -0.25) is 0 Å². The third-order valence-electron chi connectivity index (χ3n) is 1.91. The third-order valence-corrected chi connectivity index (χ3v) is 2.19. The number of hydrogen-bond acceptors (Lipinski definition) is 2. The molecule has 0 aromatic heterocycles. The fraction of sp³-hybridized carbons (Fsp3) is 0.333. The van der Waals surface area contributed by atoms with Gasteiger partial charge in [-0.2, -0.15) is 0 Å². The first-order valence-electron chi connectivity index (χ1n) is 4.06. The first kappa shape index (κ1) is 8.63. The Labute approximate surface area is 80.7 Å². The molecule has 2 nitrogen and oxygen atoms in total. The fourth-order valence-corrected chi connectivity index (χ4v) is 1.56. The van der Waals surface area contributed by atoms with Crippen LogP contribution in [-0.4, -0.2) is 12.6 Å². The minimum absolute atomic E-state index is 0.0652. The van der Waals surface area contributed by atoms with Gasteiger partial charge in [0.2, 0.25) is 0 Å². The summed E-state index contributed by atoms with van der Waals surface area (Å²) in [6.45, 7) is 2.60. The summed E-state index contributed by atoms with van der Waals surface area (Å²) in [5.74, 6) is 0.191. The lowest BCUT2D eigenvalue weighted by molar-refractivity contribution is 0.226. The summed E-state index contributed by atoms with van der Waals surface area (Å²) >= 11 is 5.81. The highest BCUT2D eigenvalue weighted by Crippen LogP contribution is 2.36. The summed E-state index contributed by atoms with van der Waals surface area (Å²) in [6.07, 6.45) is 0.0652. The summed E-state index contributed by atoms with van der Waals surface area (Å²) in [5, 5.41) is 3.36. The highest BCUT2D eigenvalue weighted by molar-refractivity contribution is 6.32. The van der Waals surface area contributed by atoms with Crippen LogP contribution in [0.3, 0.4) is 0 Å². The number of fused-ring (bicyclic) bond motifs is 1. The van der Waals surface area contributed by atoms with Crippen LogP contribution in [0.5, 0.6) is 5.75 Å². The molecule has 0 spiro atoms. The van der Waals surface area contributed by atoms with E-state index in [9.17, 15) is 4.39 Å². The Kier molecular flexibility index (Phi) is 2.04. The first-order valence-corrected chi connectivity index (χ1v) is 4.44. The molecule has 0 saturated heterocycles. The summed E-state index contributed by atoms with van der Waals surface area (Å²) in [5.41, 5.74) is 0.628. The van der Waals surface area contributed by atoms with E-state index in [-0.39, 0.29) is 11.9 Å². The van der Waals surface area contributed by atoms with Crippen LogP contribution in [0.1, 0.15) is 6.92 Å². The Morgan fingerprint density at radius 1 is 1.62 bits per heavy atom. The van der Waals surface area contributed by atoms with Gasteiger partial charge in [-0.25, -0.2) is 4.39 Å². The van der Waals surface area contributed by atoms with Gasteiger partial charge in [-0.15, -0.1) is 0 Å². The van der Waals surface area contributed by atoms with Crippen LogP contribution in [-0.2, 0) is 0 Å². The number of rotatable bonds is 0. The van der Waals surface area contributed by atoms with Gasteiger partial charge in [0.1, 0.15) is 11.9 Å². The van der Waals surface area contributed by atoms with E-state index in [0.717, 1.165) is 0 Å². The van der Waals surface area contributed by atoms with Crippen molar-refractivity contribution in [1.82, 2.24) is 0 Å². The van der Waals surface area contributed by atoms with Gasteiger partial charge in [0.05, 0.1) is 17.3 Å². The van der Waals surface area contributed by atoms with Crippen LogP contribution in [0, 0.1) is 5.82 Å². The second kappa shape index (κ2) is 3.07. The van der Waals surface area contributed by atoms with Crippen molar-refractivity contribution in [2.24, 2.45) is 0 Å². The third kappa shape index (κ3) is 1.56. The molecule has 70 valence electrons. The van der Waals surface area contributed by atoms with E-state index in [0.29, 0.717) is 23.0 Å². The van der Waals surface area contributed by atoms with E-state index in [4.69, 9.17) is 16.3 Å². The molecule has 4 heteroatoms. The number of benzene rings is 1. The summed E-state index contributed by atoms with van der Waals surface area (Å²) in [6, 6.07) is 2.63. The maximum absolute atomic E-state index is 12.9. The van der Waals surface area contributed by atoms with Gasteiger partial charge >= 0.3 is 0 Å². The molecule has 0 saturated carbocycles. The molecule has 1 atom stereocenters. The smallest absolute Gasteiger partial charge is 0.161 e. The van der Waals surface area contributed by atoms with Gasteiger partial charge in [-0.05, 0) is 13.0 Å². The van der Waals surface area contributed by atoms with Gasteiger partial charge in [0.15, 0.2) is 5.75 Å². The SMILES string of the molecule is CC1CNc2cc(F)cc(Cl)c2O1. The molecule has 1 aliphatic rings. The highest BCUT2D eigenvalue weighted by Gasteiger charge is 2.19. The topological polar surface area (TPSA) is 21.3 Å². The number of halogens is 2. The maximum atomic E-state index is 12.9. The zero-order valence-electron chi connectivity index (χ0n) is 7.10. The van der Waals surface area contributed by atoms with Crippen molar-refractivity contribution in [2.75, 3.05) is 11.9 Å². The van der Waals surface area contributed by atoms with E-state index >= 15 is 0 Å². The average molecular weight is 202 g/mol. The lowest BCUT2D eigenvalue weighted by Gasteiger charge is -2.25. The molecular weight excluding hydrogens is 193 g/mol. The Morgan fingerprint density at radius 3 is 3.15 bits per heavy atom. The summed E-state index contributed by atoms with van der Waals surface area (Å²) in [7, 11) is 0. The number of hydrogen-bond donors (Lipinski definition) is 1. The molecule has 1 aromatic rings. The average Bonchev–Trinajstić information content (AvgIpc) is 2.06. The normalized spacial score (nSPS) is 20.1. The molecule has 0 amide bonds. The Bertz CT molecular complexity index is 343. The maximum Gasteiger partial charge on any atom is 0.161 e. The first-order chi connectivity index (χ1) is 6.16. The Morgan fingerprint density at radius 2 is 2.38 bits per heavy atom. The zero-order valence-corrected chi connectivity index (χ0v) is 7.86. The van der Waals surface area contributed by atoms with Crippen LogP contribution in [0.25, 0.3) is 0 Å². The quantitative estimate of drug-likeness (QED) is 0.697. The van der Waals surface area contributed by atoms with Gasteiger partial charge in [0, 0.05) is 6.07 Å². The van der Waals surface area contributed by atoms with Crippen LogP contribution in [0.4, 0.5) is 10.1 Å². The number of nitrogens with one attached hydrogen (secondary N) is 1.